The van der Waals surface area contributed by atoms with E-state index in [0.29, 0.717) is 19.1 Å². The zero-order chi connectivity index (χ0) is 28.3. The van der Waals surface area contributed by atoms with E-state index in [0.717, 1.165) is 63.3 Å². The van der Waals surface area contributed by atoms with E-state index in [1.165, 1.54) is 45.2 Å². The summed E-state index contributed by atoms with van der Waals surface area (Å²) in [5.74, 6) is -0.0540. The van der Waals surface area contributed by atoms with Gasteiger partial charge in [-0.25, -0.2) is 4.98 Å². The van der Waals surface area contributed by atoms with E-state index in [1.54, 1.807) is 0 Å². The molecule has 214 valence electrons. The lowest BCUT2D eigenvalue weighted by molar-refractivity contribution is 0.0885. The summed E-state index contributed by atoms with van der Waals surface area (Å²) in [7, 11) is 1.95. The van der Waals surface area contributed by atoms with Crippen LogP contribution in [0, 0.1) is 13.8 Å². The number of fused-ring (bicyclic) bond motifs is 1. The summed E-state index contributed by atoms with van der Waals surface area (Å²) in [6.45, 7) is 9.79. The van der Waals surface area contributed by atoms with Gasteiger partial charge in [0.05, 0.1) is 22.5 Å². The number of amides is 1. The third-order valence-electron chi connectivity index (χ3n) is 9.20. The van der Waals surface area contributed by atoms with Gasteiger partial charge in [0, 0.05) is 53.9 Å². The Labute approximate surface area is 243 Å². The van der Waals surface area contributed by atoms with E-state index in [9.17, 15) is 4.79 Å². The molecule has 0 bridgehead atoms. The third-order valence-corrected chi connectivity index (χ3v) is 9.20. The molecule has 4 heterocycles. The Hall–Kier alpha value is -3.55. The lowest BCUT2D eigenvalue weighted by Crippen LogP contribution is -2.46. The number of benzene rings is 2. The smallest absolute Gasteiger partial charge is 0.252 e. The van der Waals surface area contributed by atoms with E-state index in [-0.39, 0.29) is 5.91 Å². The Bertz CT molecular complexity index is 1510. The quantitative estimate of drug-likeness (QED) is 0.323. The van der Waals surface area contributed by atoms with Crippen LogP contribution in [0.3, 0.4) is 0 Å². The molecular weight excluding hydrogens is 508 g/mol. The average Bonchev–Trinajstić information content (AvgIpc) is 3.26. The number of aryl methyl sites for hydroxylation is 2. The van der Waals surface area contributed by atoms with Gasteiger partial charge in [0.2, 0.25) is 0 Å². The molecule has 1 N–H and O–H groups in total. The fourth-order valence-electron chi connectivity index (χ4n) is 6.78. The first kappa shape index (κ1) is 27.6. The number of hydrogen-bond donors (Lipinski definition) is 1. The molecule has 0 aliphatic carbocycles. The number of rotatable bonds is 7. The first-order chi connectivity index (χ1) is 20.0. The molecule has 2 aliphatic heterocycles. The maximum Gasteiger partial charge on any atom is 0.252 e. The van der Waals surface area contributed by atoms with E-state index < -0.39 is 0 Å². The molecule has 2 aliphatic rings. The van der Waals surface area contributed by atoms with Crippen molar-refractivity contribution in [2.45, 2.75) is 65.1 Å². The van der Waals surface area contributed by atoms with Gasteiger partial charge in [0.15, 0.2) is 0 Å². The van der Waals surface area contributed by atoms with E-state index in [2.05, 4.69) is 39.3 Å². The fraction of sp³-hybridized carbons (Fsp3) is 0.441. The van der Waals surface area contributed by atoms with Crippen LogP contribution >= 0.6 is 0 Å². The van der Waals surface area contributed by atoms with E-state index in [1.807, 2.05) is 61.1 Å². The second kappa shape index (κ2) is 12.1. The molecule has 0 spiro atoms. The summed E-state index contributed by atoms with van der Waals surface area (Å²) in [4.78, 5) is 24.6. The van der Waals surface area contributed by atoms with Crippen molar-refractivity contribution >= 4 is 16.8 Å². The normalized spacial score (nSPS) is 17.2. The molecule has 6 rings (SSSR count). The van der Waals surface area contributed by atoms with Crippen LogP contribution in [-0.4, -0.2) is 62.7 Å². The topological polar surface area (TPSA) is 66.3 Å². The number of aromatic nitrogens is 3. The monoisotopic (exact) mass is 550 g/mol. The summed E-state index contributed by atoms with van der Waals surface area (Å²) >= 11 is 0. The molecular formula is C34H42N6O. The van der Waals surface area contributed by atoms with Crippen molar-refractivity contribution in [3.63, 3.8) is 0 Å². The SMILES string of the molecule is Cc1nn(C)c(C)c1CNC(=O)c1c(CN2CCC(N3CCCCC3)CC2)c(-c2ccccc2)nc2ccccc12. The molecule has 2 aromatic heterocycles. The van der Waals surface area contributed by atoms with E-state index in [4.69, 9.17) is 4.98 Å². The molecule has 0 radical (unpaired) electrons. The minimum absolute atomic E-state index is 0.0540. The van der Waals surface area contributed by atoms with Crippen LogP contribution in [-0.2, 0) is 20.1 Å². The molecule has 2 saturated heterocycles. The van der Waals surface area contributed by atoms with Crippen molar-refractivity contribution in [3.8, 4) is 11.3 Å². The molecule has 0 saturated carbocycles. The summed E-state index contributed by atoms with van der Waals surface area (Å²) in [6.07, 6.45) is 6.41. The molecule has 7 nitrogen and oxygen atoms in total. The van der Waals surface area contributed by atoms with Gasteiger partial charge in [-0.05, 0) is 71.8 Å². The fourth-order valence-corrected chi connectivity index (χ4v) is 6.78. The van der Waals surface area contributed by atoms with Crippen LogP contribution in [0.4, 0.5) is 0 Å². The molecule has 2 aromatic carbocycles. The van der Waals surface area contributed by atoms with Crippen LogP contribution in [0.1, 0.15) is 65.0 Å². The largest absolute Gasteiger partial charge is 0.348 e. The first-order valence-corrected chi connectivity index (χ1v) is 15.2. The summed E-state index contributed by atoms with van der Waals surface area (Å²) in [5, 5.41) is 8.71. The van der Waals surface area contributed by atoms with Crippen LogP contribution in [0.15, 0.2) is 54.6 Å². The molecule has 41 heavy (non-hydrogen) atoms. The Balaban J connectivity index is 1.35. The number of hydrogen-bond acceptors (Lipinski definition) is 5. The number of likely N-dealkylation sites (tertiary alicyclic amines) is 2. The van der Waals surface area contributed by atoms with Gasteiger partial charge in [-0.2, -0.15) is 5.10 Å². The first-order valence-electron chi connectivity index (χ1n) is 15.2. The van der Waals surface area contributed by atoms with Gasteiger partial charge >= 0.3 is 0 Å². The number of para-hydroxylation sites is 1. The predicted octanol–water partition coefficient (Wildman–Crippen LogP) is 5.63. The van der Waals surface area contributed by atoms with Gasteiger partial charge < -0.3 is 10.2 Å². The lowest BCUT2D eigenvalue weighted by atomic mass is 9.94. The predicted molar refractivity (Wildman–Crippen MR) is 165 cm³/mol. The maximum atomic E-state index is 14.2. The lowest BCUT2D eigenvalue weighted by Gasteiger charge is -2.40. The standard InChI is InChI=1S/C34H42N6O/c1-24-29(25(2)38(3)37-24)22-35-34(41)32-28-14-8-9-15-31(28)36-33(26-12-6-4-7-13-26)30(32)23-39-20-16-27(17-21-39)40-18-10-5-11-19-40/h4,6-9,12-15,27H,5,10-11,16-23H2,1-3H3,(H,35,41). The molecule has 4 aromatic rings. The summed E-state index contributed by atoms with van der Waals surface area (Å²) in [5.41, 5.74) is 7.65. The highest BCUT2D eigenvalue weighted by atomic mass is 16.1. The van der Waals surface area contributed by atoms with Crippen LogP contribution in [0.5, 0.6) is 0 Å². The number of piperidine rings is 2. The van der Waals surface area contributed by atoms with Crippen molar-refractivity contribution in [3.05, 3.63) is 82.7 Å². The Kier molecular flexibility index (Phi) is 8.17. The Morgan fingerprint density at radius 1 is 0.902 bits per heavy atom. The third kappa shape index (κ3) is 5.79. The van der Waals surface area contributed by atoms with Crippen LogP contribution in [0.25, 0.3) is 22.2 Å². The Morgan fingerprint density at radius 3 is 2.32 bits per heavy atom. The van der Waals surface area contributed by atoms with Crippen molar-refractivity contribution in [1.82, 2.24) is 29.9 Å². The number of carbonyl (C=O) groups is 1. The summed E-state index contributed by atoms with van der Waals surface area (Å²) < 4.78 is 1.88. The highest BCUT2D eigenvalue weighted by Crippen LogP contribution is 2.33. The zero-order valence-electron chi connectivity index (χ0n) is 24.7. The van der Waals surface area contributed by atoms with Gasteiger partial charge in [-0.3, -0.25) is 14.4 Å². The molecule has 1 amide bonds. The Morgan fingerprint density at radius 2 is 1.61 bits per heavy atom. The molecule has 0 atom stereocenters. The average molecular weight is 551 g/mol. The number of nitrogens with zero attached hydrogens (tertiary/aromatic N) is 5. The second-order valence-corrected chi connectivity index (χ2v) is 11.8. The van der Waals surface area contributed by atoms with Crippen molar-refractivity contribution in [2.24, 2.45) is 7.05 Å². The van der Waals surface area contributed by atoms with Gasteiger partial charge in [-0.1, -0.05) is 55.0 Å². The molecule has 7 heteroatoms. The van der Waals surface area contributed by atoms with Crippen molar-refractivity contribution in [1.29, 1.82) is 0 Å². The highest BCUT2D eigenvalue weighted by molar-refractivity contribution is 6.09. The van der Waals surface area contributed by atoms with Crippen molar-refractivity contribution in [2.75, 3.05) is 26.2 Å². The molecule has 2 fully saturated rings. The van der Waals surface area contributed by atoms with Gasteiger partial charge in [-0.15, -0.1) is 0 Å². The number of pyridine rings is 1. The van der Waals surface area contributed by atoms with Crippen LogP contribution < -0.4 is 5.32 Å². The highest BCUT2D eigenvalue weighted by Gasteiger charge is 2.28. The zero-order valence-corrected chi connectivity index (χ0v) is 24.7. The minimum atomic E-state index is -0.0540. The molecule has 0 unspecified atom stereocenters. The minimum Gasteiger partial charge on any atom is -0.348 e. The summed E-state index contributed by atoms with van der Waals surface area (Å²) in [6, 6.07) is 19.1. The number of carbonyl (C=O) groups excluding carboxylic acids is 1. The van der Waals surface area contributed by atoms with E-state index >= 15 is 0 Å². The maximum absolute atomic E-state index is 14.2. The second-order valence-electron chi connectivity index (χ2n) is 11.8. The van der Waals surface area contributed by atoms with Crippen LogP contribution in [0.2, 0.25) is 0 Å². The van der Waals surface area contributed by atoms with Crippen molar-refractivity contribution < 1.29 is 4.79 Å². The number of nitrogens with one attached hydrogen (secondary N) is 1. The van der Waals surface area contributed by atoms with Gasteiger partial charge in [0.25, 0.3) is 5.91 Å². The van der Waals surface area contributed by atoms with Gasteiger partial charge in [0.1, 0.15) is 0 Å².